The number of carbonyl (C=O) groups is 3. The number of nitrogens with zero attached hydrogens (tertiary/aromatic N) is 1. The molecule has 1 unspecified atom stereocenters. The molecule has 0 aromatic rings. The summed E-state index contributed by atoms with van der Waals surface area (Å²) in [7, 11) is 0. The summed E-state index contributed by atoms with van der Waals surface area (Å²) in [6.07, 6.45) is 1.52. The third-order valence-corrected chi connectivity index (χ3v) is 3.10. The maximum atomic E-state index is 11.7. The zero-order chi connectivity index (χ0) is 13.1. The number of carbonyl (C=O) groups excluding carboxylic acids is 2. The second-order valence-electron chi connectivity index (χ2n) is 4.46. The van der Waals surface area contributed by atoms with Crippen LogP contribution in [0.5, 0.6) is 0 Å². The molecule has 17 heavy (non-hydrogen) atoms. The Morgan fingerprint density at radius 1 is 1.53 bits per heavy atom. The Bertz CT molecular complexity index is 342. The van der Waals surface area contributed by atoms with Crippen molar-refractivity contribution in [2.75, 3.05) is 13.1 Å². The van der Waals surface area contributed by atoms with Gasteiger partial charge in [0.15, 0.2) is 0 Å². The summed E-state index contributed by atoms with van der Waals surface area (Å²) < 4.78 is 0. The molecule has 1 rings (SSSR count). The molecule has 0 aromatic carbocycles. The summed E-state index contributed by atoms with van der Waals surface area (Å²) in [6, 6.07) is 0. The molecule has 1 aliphatic heterocycles. The Kier molecular flexibility index (Phi) is 4.09. The van der Waals surface area contributed by atoms with Gasteiger partial charge in [-0.1, -0.05) is 6.92 Å². The summed E-state index contributed by atoms with van der Waals surface area (Å²) in [6.45, 7) is 3.66. The Labute approximate surface area is 100.0 Å². The minimum atomic E-state index is -1.26. The maximum Gasteiger partial charge on any atom is 0.329 e. The van der Waals surface area contributed by atoms with E-state index in [1.807, 2.05) is 0 Å². The summed E-state index contributed by atoms with van der Waals surface area (Å²) in [5.74, 6) is -1.54. The zero-order valence-electron chi connectivity index (χ0n) is 10.2. The molecule has 0 aliphatic carbocycles. The van der Waals surface area contributed by atoms with Gasteiger partial charge in [0.2, 0.25) is 11.8 Å². The van der Waals surface area contributed by atoms with Crippen molar-refractivity contribution >= 4 is 17.8 Å². The van der Waals surface area contributed by atoms with E-state index in [1.54, 1.807) is 6.92 Å². The smallest absolute Gasteiger partial charge is 0.329 e. The van der Waals surface area contributed by atoms with Crippen LogP contribution < -0.4 is 5.32 Å². The molecule has 1 atom stereocenters. The minimum Gasteiger partial charge on any atom is -0.480 e. The molecule has 2 amide bonds. The lowest BCUT2D eigenvalue weighted by atomic mass is 9.99. The van der Waals surface area contributed by atoms with Crippen molar-refractivity contribution < 1.29 is 19.5 Å². The number of rotatable bonds is 5. The van der Waals surface area contributed by atoms with E-state index >= 15 is 0 Å². The lowest BCUT2D eigenvalue weighted by Gasteiger charge is -2.26. The van der Waals surface area contributed by atoms with Gasteiger partial charge in [0.05, 0.1) is 6.54 Å². The van der Waals surface area contributed by atoms with E-state index in [0.29, 0.717) is 19.4 Å². The monoisotopic (exact) mass is 242 g/mol. The average Bonchev–Trinajstić information content (AvgIpc) is 2.63. The van der Waals surface area contributed by atoms with E-state index in [2.05, 4.69) is 5.32 Å². The van der Waals surface area contributed by atoms with Gasteiger partial charge < -0.3 is 15.3 Å². The summed E-state index contributed by atoms with van der Waals surface area (Å²) in [5.41, 5.74) is -1.26. The molecule has 1 heterocycles. The minimum absolute atomic E-state index is 0.0475. The fourth-order valence-corrected chi connectivity index (χ4v) is 1.68. The normalized spacial score (nSPS) is 18.9. The van der Waals surface area contributed by atoms with Crippen LogP contribution in [0.25, 0.3) is 0 Å². The standard InChI is InChI=1S/C11H18N2O4/c1-3-11(2,10(16)17)12-8(14)7-13-6-4-5-9(13)15/h3-7H2,1-2H3,(H,12,14)(H,16,17). The number of carboxylic acid groups (broad SMARTS) is 1. The largest absolute Gasteiger partial charge is 0.480 e. The van der Waals surface area contributed by atoms with Gasteiger partial charge in [0.1, 0.15) is 5.54 Å². The fourth-order valence-electron chi connectivity index (χ4n) is 1.68. The lowest BCUT2D eigenvalue weighted by Crippen LogP contribution is -2.54. The first-order valence-electron chi connectivity index (χ1n) is 5.71. The SMILES string of the molecule is CCC(C)(NC(=O)CN1CCCC1=O)C(=O)O. The number of hydrogen-bond acceptors (Lipinski definition) is 3. The third kappa shape index (κ3) is 3.18. The number of carboxylic acids is 1. The van der Waals surface area contributed by atoms with Crippen LogP contribution in [0.15, 0.2) is 0 Å². The first kappa shape index (κ1) is 13.5. The van der Waals surface area contributed by atoms with E-state index in [-0.39, 0.29) is 12.5 Å². The van der Waals surface area contributed by atoms with Gasteiger partial charge in [-0.2, -0.15) is 0 Å². The first-order valence-corrected chi connectivity index (χ1v) is 5.71. The van der Waals surface area contributed by atoms with Crippen molar-refractivity contribution in [1.82, 2.24) is 10.2 Å². The van der Waals surface area contributed by atoms with E-state index in [1.165, 1.54) is 11.8 Å². The van der Waals surface area contributed by atoms with Gasteiger partial charge in [0.25, 0.3) is 0 Å². The first-order chi connectivity index (χ1) is 7.89. The molecule has 2 N–H and O–H groups in total. The number of hydrogen-bond donors (Lipinski definition) is 2. The van der Waals surface area contributed by atoms with Crippen LogP contribution in [0.4, 0.5) is 0 Å². The molecule has 96 valence electrons. The van der Waals surface area contributed by atoms with E-state index in [4.69, 9.17) is 5.11 Å². The Hall–Kier alpha value is -1.59. The molecule has 0 spiro atoms. The maximum absolute atomic E-state index is 11.7. The van der Waals surface area contributed by atoms with Crippen LogP contribution in [-0.2, 0) is 14.4 Å². The van der Waals surface area contributed by atoms with Crippen LogP contribution in [0, 0.1) is 0 Å². The van der Waals surface area contributed by atoms with Crippen molar-refractivity contribution in [1.29, 1.82) is 0 Å². The van der Waals surface area contributed by atoms with Crippen molar-refractivity contribution in [3.63, 3.8) is 0 Å². The van der Waals surface area contributed by atoms with Crippen LogP contribution in [0.3, 0.4) is 0 Å². The third-order valence-electron chi connectivity index (χ3n) is 3.10. The Morgan fingerprint density at radius 3 is 2.59 bits per heavy atom. The predicted octanol–water partition coefficient (Wildman–Crippen LogP) is -0.0217. The van der Waals surface area contributed by atoms with Gasteiger partial charge in [0, 0.05) is 13.0 Å². The topological polar surface area (TPSA) is 86.7 Å². The van der Waals surface area contributed by atoms with Gasteiger partial charge in [-0.3, -0.25) is 9.59 Å². The van der Waals surface area contributed by atoms with Crippen LogP contribution >= 0.6 is 0 Å². The highest BCUT2D eigenvalue weighted by Gasteiger charge is 2.33. The van der Waals surface area contributed by atoms with Crippen molar-refractivity contribution in [2.45, 2.75) is 38.6 Å². The molecular formula is C11H18N2O4. The van der Waals surface area contributed by atoms with Crippen LogP contribution in [0.1, 0.15) is 33.1 Å². The molecule has 0 radical (unpaired) electrons. The number of aliphatic carboxylic acids is 1. The van der Waals surface area contributed by atoms with Gasteiger partial charge >= 0.3 is 5.97 Å². The second-order valence-corrected chi connectivity index (χ2v) is 4.46. The quantitative estimate of drug-likeness (QED) is 0.709. The molecule has 1 fully saturated rings. The highest BCUT2D eigenvalue weighted by Crippen LogP contribution is 2.11. The van der Waals surface area contributed by atoms with Crippen molar-refractivity contribution in [3.05, 3.63) is 0 Å². The van der Waals surface area contributed by atoms with Gasteiger partial charge in [-0.15, -0.1) is 0 Å². The Balaban J connectivity index is 2.54. The molecular weight excluding hydrogens is 224 g/mol. The van der Waals surface area contributed by atoms with Gasteiger partial charge in [-0.05, 0) is 19.8 Å². The second kappa shape index (κ2) is 5.16. The highest BCUT2D eigenvalue weighted by atomic mass is 16.4. The molecule has 0 aromatic heterocycles. The van der Waals surface area contributed by atoms with Crippen LogP contribution in [0.2, 0.25) is 0 Å². The number of amides is 2. The summed E-state index contributed by atoms with van der Waals surface area (Å²) >= 11 is 0. The summed E-state index contributed by atoms with van der Waals surface area (Å²) in [4.78, 5) is 35.4. The molecule has 0 saturated carbocycles. The predicted molar refractivity (Wildman–Crippen MR) is 60.3 cm³/mol. The molecule has 1 saturated heterocycles. The molecule has 6 heteroatoms. The fraction of sp³-hybridized carbons (Fsp3) is 0.727. The molecule has 6 nitrogen and oxygen atoms in total. The Morgan fingerprint density at radius 2 is 2.18 bits per heavy atom. The lowest BCUT2D eigenvalue weighted by molar-refractivity contribution is -0.147. The number of nitrogens with one attached hydrogen (secondary N) is 1. The van der Waals surface area contributed by atoms with Gasteiger partial charge in [-0.25, -0.2) is 4.79 Å². The van der Waals surface area contributed by atoms with E-state index < -0.39 is 17.4 Å². The van der Waals surface area contributed by atoms with E-state index in [0.717, 1.165) is 6.42 Å². The average molecular weight is 242 g/mol. The number of likely N-dealkylation sites (tertiary alicyclic amines) is 1. The zero-order valence-corrected chi connectivity index (χ0v) is 10.2. The summed E-state index contributed by atoms with van der Waals surface area (Å²) in [5, 5.41) is 11.5. The van der Waals surface area contributed by atoms with Crippen molar-refractivity contribution in [3.8, 4) is 0 Å². The van der Waals surface area contributed by atoms with E-state index in [9.17, 15) is 14.4 Å². The highest BCUT2D eigenvalue weighted by molar-refractivity contribution is 5.90. The molecule has 0 bridgehead atoms. The molecule has 1 aliphatic rings. The van der Waals surface area contributed by atoms with Crippen molar-refractivity contribution in [2.24, 2.45) is 0 Å². The van der Waals surface area contributed by atoms with Crippen LogP contribution in [-0.4, -0.2) is 46.4 Å².